The number of rotatable bonds is 10. The number of nitrogens with zero attached hydrogens (tertiary/aromatic N) is 4. The summed E-state index contributed by atoms with van der Waals surface area (Å²) in [6.07, 6.45) is -1.83. The lowest BCUT2D eigenvalue weighted by Gasteiger charge is -2.36. The highest BCUT2D eigenvalue weighted by molar-refractivity contribution is 6.33. The zero-order chi connectivity index (χ0) is 35.9. The molecule has 1 aliphatic carbocycles. The number of nitro benzene ring substituents is 2. The lowest BCUT2D eigenvalue weighted by molar-refractivity contribution is -0.587. The summed E-state index contributed by atoms with van der Waals surface area (Å²) in [4.78, 5) is 69.0. The van der Waals surface area contributed by atoms with Crippen LogP contribution in [0, 0.1) is 34.1 Å². The van der Waals surface area contributed by atoms with Crippen molar-refractivity contribution >= 4 is 45.7 Å². The molecule has 1 aliphatic heterocycles. The van der Waals surface area contributed by atoms with Gasteiger partial charge < -0.3 is 20.4 Å². The molecule has 1 saturated heterocycles. The largest absolute Gasteiger partial charge is 0.369 e. The van der Waals surface area contributed by atoms with Crippen LogP contribution in [0.25, 0.3) is 0 Å². The molecule has 1 heterocycles. The van der Waals surface area contributed by atoms with E-state index in [1.54, 1.807) is 36.0 Å². The van der Waals surface area contributed by atoms with Crippen LogP contribution < -0.4 is 20.4 Å². The fraction of sp³-hybridized carbons (Fsp3) is 0.235. The lowest BCUT2D eigenvalue weighted by atomic mass is 9.83. The SMILES string of the molecule is Cc1ccc(N(C)C2OOC(N(C)c3ccc([N+](=O)[O-])cc3)OO2)cc1.Cc1ccc(NC2C(=O)C(Nc3ccc([N+](=O)[O-])cc3)C2=O)cc1. The zero-order valence-corrected chi connectivity index (χ0v) is 27.4. The second kappa shape index (κ2) is 15.5. The van der Waals surface area contributed by atoms with E-state index in [4.69, 9.17) is 19.6 Å². The molecule has 6 rings (SSSR count). The van der Waals surface area contributed by atoms with Crippen LogP contribution in [-0.4, -0.2) is 60.4 Å². The van der Waals surface area contributed by atoms with Crippen molar-refractivity contribution in [1.29, 1.82) is 0 Å². The van der Waals surface area contributed by atoms with E-state index in [-0.39, 0.29) is 22.9 Å². The van der Waals surface area contributed by atoms with Gasteiger partial charge in [-0.25, -0.2) is 0 Å². The quantitative estimate of drug-likeness (QED) is 0.0950. The molecule has 0 aromatic heterocycles. The highest BCUT2D eigenvalue weighted by Crippen LogP contribution is 2.26. The van der Waals surface area contributed by atoms with Crippen molar-refractivity contribution in [1.82, 2.24) is 0 Å². The maximum absolute atomic E-state index is 12.2. The molecule has 16 heteroatoms. The summed E-state index contributed by atoms with van der Waals surface area (Å²) in [7, 11) is 3.46. The van der Waals surface area contributed by atoms with Crippen LogP contribution in [0.1, 0.15) is 11.1 Å². The van der Waals surface area contributed by atoms with E-state index >= 15 is 0 Å². The van der Waals surface area contributed by atoms with E-state index in [0.717, 1.165) is 16.8 Å². The number of nitro groups is 2. The lowest BCUT2D eigenvalue weighted by Crippen LogP contribution is -2.64. The minimum absolute atomic E-state index is 0.0000763. The summed E-state index contributed by atoms with van der Waals surface area (Å²) in [5.41, 5.74) is 4.88. The summed E-state index contributed by atoms with van der Waals surface area (Å²) in [6.45, 7) is 3.95. The Morgan fingerprint density at radius 1 is 0.540 bits per heavy atom. The van der Waals surface area contributed by atoms with Crippen molar-refractivity contribution in [3.8, 4) is 0 Å². The number of Topliss-reactive ketones (excluding diaryl/α,β-unsaturated/α-hetero) is 2. The predicted molar refractivity (Wildman–Crippen MR) is 182 cm³/mol. The number of non-ortho nitro benzene ring substituents is 2. The fourth-order valence-electron chi connectivity index (χ4n) is 4.78. The molecule has 2 aliphatic rings. The Morgan fingerprint density at radius 2 is 0.840 bits per heavy atom. The van der Waals surface area contributed by atoms with Gasteiger partial charge in [0.15, 0.2) is 11.6 Å². The van der Waals surface area contributed by atoms with Gasteiger partial charge in [-0.1, -0.05) is 35.4 Å². The number of benzene rings is 4. The van der Waals surface area contributed by atoms with Crippen molar-refractivity contribution in [2.75, 3.05) is 34.5 Å². The monoisotopic (exact) mass is 686 g/mol. The maximum atomic E-state index is 12.2. The highest BCUT2D eigenvalue weighted by Gasteiger charge is 2.49. The summed E-state index contributed by atoms with van der Waals surface area (Å²) < 4.78 is 0. The minimum atomic E-state index is -0.959. The first-order valence-electron chi connectivity index (χ1n) is 15.2. The van der Waals surface area contributed by atoms with Gasteiger partial charge in [-0.05, 0) is 62.4 Å². The normalized spacial score (nSPS) is 19.7. The highest BCUT2D eigenvalue weighted by atomic mass is 17.4. The average molecular weight is 687 g/mol. The second-order valence-corrected chi connectivity index (χ2v) is 11.5. The van der Waals surface area contributed by atoms with Crippen LogP contribution in [-0.2, 0) is 29.1 Å². The van der Waals surface area contributed by atoms with Gasteiger partial charge in [0.2, 0.25) is 0 Å². The smallest absolute Gasteiger partial charge is 0.300 e. The van der Waals surface area contributed by atoms with E-state index in [1.165, 1.54) is 36.4 Å². The number of nitrogens with one attached hydrogen (secondary N) is 2. The van der Waals surface area contributed by atoms with Gasteiger partial charge in [0.1, 0.15) is 12.1 Å². The first kappa shape index (κ1) is 35.4. The van der Waals surface area contributed by atoms with E-state index in [0.29, 0.717) is 17.1 Å². The second-order valence-electron chi connectivity index (χ2n) is 11.5. The van der Waals surface area contributed by atoms with E-state index in [2.05, 4.69) is 10.6 Å². The predicted octanol–water partition coefficient (Wildman–Crippen LogP) is 5.27. The Kier molecular flexibility index (Phi) is 11.0. The van der Waals surface area contributed by atoms with Crippen molar-refractivity contribution in [3.63, 3.8) is 0 Å². The van der Waals surface area contributed by atoms with Gasteiger partial charge in [-0.15, -0.1) is 0 Å². The summed E-state index contributed by atoms with van der Waals surface area (Å²) in [6, 6.07) is 25.0. The summed E-state index contributed by atoms with van der Waals surface area (Å²) in [5.74, 6) is -0.502. The first-order chi connectivity index (χ1) is 23.9. The molecule has 260 valence electrons. The molecule has 16 nitrogen and oxygen atoms in total. The number of aryl methyl sites for hydroxylation is 2. The van der Waals surface area contributed by atoms with Gasteiger partial charge >= 0.3 is 0 Å². The molecule has 0 atom stereocenters. The van der Waals surface area contributed by atoms with Crippen LogP contribution >= 0.6 is 0 Å². The van der Waals surface area contributed by atoms with Crippen molar-refractivity contribution < 1.29 is 39.0 Å². The Labute approximate surface area is 286 Å². The molecular formula is C34H34N6O10. The number of ketones is 2. The summed E-state index contributed by atoms with van der Waals surface area (Å²) >= 11 is 0. The van der Waals surface area contributed by atoms with Crippen molar-refractivity contribution in [2.45, 2.75) is 38.8 Å². The molecule has 0 amide bonds. The van der Waals surface area contributed by atoms with E-state index in [1.807, 2.05) is 62.4 Å². The molecule has 0 unspecified atom stereocenters. The van der Waals surface area contributed by atoms with Crippen LogP contribution in [0.2, 0.25) is 0 Å². The molecule has 4 aromatic carbocycles. The zero-order valence-electron chi connectivity index (χ0n) is 27.4. The Hall–Kier alpha value is -5.94. The number of carbonyl (C=O) groups is 2. The van der Waals surface area contributed by atoms with Crippen molar-refractivity contribution in [2.24, 2.45) is 0 Å². The van der Waals surface area contributed by atoms with E-state index in [9.17, 15) is 29.8 Å². The van der Waals surface area contributed by atoms with Crippen LogP contribution in [0.5, 0.6) is 0 Å². The van der Waals surface area contributed by atoms with Crippen molar-refractivity contribution in [3.05, 3.63) is 128 Å². The molecule has 50 heavy (non-hydrogen) atoms. The van der Waals surface area contributed by atoms with Gasteiger partial charge in [-0.2, -0.15) is 19.6 Å². The molecule has 2 fully saturated rings. The third kappa shape index (κ3) is 8.37. The number of anilines is 4. The van der Waals surface area contributed by atoms with E-state index < -0.39 is 34.8 Å². The molecule has 1 saturated carbocycles. The first-order valence-corrected chi connectivity index (χ1v) is 15.2. The van der Waals surface area contributed by atoms with Gasteiger partial charge in [0.05, 0.1) is 9.85 Å². The van der Waals surface area contributed by atoms with Crippen LogP contribution in [0.4, 0.5) is 34.1 Å². The van der Waals surface area contributed by atoms with Crippen LogP contribution in [0.15, 0.2) is 97.1 Å². The van der Waals surface area contributed by atoms with Gasteiger partial charge in [-0.3, -0.25) is 29.8 Å². The minimum Gasteiger partial charge on any atom is -0.369 e. The number of carbonyl (C=O) groups excluding carboxylic acids is 2. The average Bonchev–Trinajstić information content (AvgIpc) is 3.13. The Bertz CT molecular complexity index is 1800. The number of hydrogen-bond acceptors (Lipinski definition) is 14. The molecule has 0 spiro atoms. The molecule has 4 aromatic rings. The number of hydrogen-bond donors (Lipinski definition) is 2. The third-order valence-corrected chi connectivity index (χ3v) is 7.87. The summed E-state index contributed by atoms with van der Waals surface area (Å²) in [5, 5.41) is 27.1. The molecule has 0 bridgehead atoms. The molecule has 2 N–H and O–H groups in total. The standard InChI is InChI=1S/C17H19N3O6.C17H15N3O4/c1-12-4-6-13(7-5-12)18(2)16-23-25-17(26-24-16)19(3)14-8-10-15(11-9-14)20(21)22;1-10-2-4-11(5-3-10)18-14-16(21)15(17(14)22)19-12-6-8-13(9-7-12)20(23)24/h4-11,16-17H,1-3H3;2-9,14-15,18-19H,1H3. The topological polar surface area (TPSA) is 188 Å². The Morgan fingerprint density at radius 3 is 1.20 bits per heavy atom. The van der Waals surface area contributed by atoms with Gasteiger partial charge in [0, 0.05) is 61.1 Å². The van der Waals surface area contributed by atoms with Gasteiger partial charge in [0.25, 0.3) is 24.2 Å². The maximum Gasteiger partial charge on any atom is 0.300 e. The fourth-order valence-corrected chi connectivity index (χ4v) is 4.78. The third-order valence-electron chi connectivity index (χ3n) is 7.87. The Balaban J connectivity index is 0.000000195. The molecular weight excluding hydrogens is 652 g/mol. The molecule has 0 radical (unpaired) electrons. The van der Waals surface area contributed by atoms with Crippen LogP contribution in [0.3, 0.4) is 0 Å².